The molecule has 1 unspecified atom stereocenters. The minimum atomic E-state index is -0.472. The summed E-state index contributed by atoms with van der Waals surface area (Å²) in [5.74, 6) is -0.223. The van der Waals surface area contributed by atoms with Gasteiger partial charge in [0.05, 0.1) is 5.56 Å². The second-order valence-corrected chi connectivity index (χ2v) is 5.58. The van der Waals surface area contributed by atoms with E-state index in [0.717, 1.165) is 0 Å². The van der Waals surface area contributed by atoms with Gasteiger partial charge in [0.25, 0.3) is 0 Å². The van der Waals surface area contributed by atoms with E-state index in [1.807, 2.05) is 19.9 Å². The molecule has 0 radical (unpaired) electrons. The number of benzene rings is 1. The van der Waals surface area contributed by atoms with E-state index < -0.39 is 5.41 Å². The lowest BCUT2D eigenvalue weighted by molar-refractivity contribution is -0.125. The van der Waals surface area contributed by atoms with Gasteiger partial charge < -0.3 is 4.74 Å². The number of ketones is 1. The standard InChI is InChI=1S/C16H18O3/c1-11-9-13(10-16(2,3)14(11)17)19-15(18)12-7-5-4-6-8-12/h4-9,13H,10H2,1-3H3. The number of allylic oxidation sites excluding steroid dienone is 1. The maximum Gasteiger partial charge on any atom is 0.338 e. The minimum Gasteiger partial charge on any atom is -0.454 e. The lowest BCUT2D eigenvalue weighted by Gasteiger charge is -2.31. The van der Waals surface area contributed by atoms with Gasteiger partial charge in [0.1, 0.15) is 6.10 Å². The Morgan fingerprint density at radius 2 is 1.89 bits per heavy atom. The zero-order valence-corrected chi connectivity index (χ0v) is 11.5. The molecule has 100 valence electrons. The molecule has 1 aromatic carbocycles. The van der Waals surface area contributed by atoms with Crippen molar-refractivity contribution < 1.29 is 14.3 Å². The first kappa shape index (κ1) is 13.5. The van der Waals surface area contributed by atoms with Crippen molar-refractivity contribution in [3.63, 3.8) is 0 Å². The van der Waals surface area contributed by atoms with E-state index in [2.05, 4.69) is 0 Å². The monoisotopic (exact) mass is 258 g/mol. The van der Waals surface area contributed by atoms with E-state index in [-0.39, 0.29) is 17.9 Å². The summed E-state index contributed by atoms with van der Waals surface area (Å²) in [7, 11) is 0. The van der Waals surface area contributed by atoms with Crippen LogP contribution in [0.1, 0.15) is 37.6 Å². The van der Waals surface area contributed by atoms with Crippen molar-refractivity contribution in [2.24, 2.45) is 5.41 Å². The van der Waals surface area contributed by atoms with Crippen LogP contribution in [-0.2, 0) is 9.53 Å². The van der Waals surface area contributed by atoms with Gasteiger partial charge in [-0.15, -0.1) is 0 Å². The van der Waals surface area contributed by atoms with Crippen molar-refractivity contribution in [2.75, 3.05) is 0 Å². The normalized spacial score (nSPS) is 21.7. The van der Waals surface area contributed by atoms with Crippen LogP contribution in [0.4, 0.5) is 0 Å². The van der Waals surface area contributed by atoms with E-state index in [0.29, 0.717) is 17.6 Å². The topological polar surface area (TPSA) is 43.4 Å². The van der Waals surface area contributed by atoms with Crippen molar-refractivity contribution in [1.29, 1.82) is 0 Å². The minimum absolute atomic E-state index is 0.125. The first-order chi connectivity index (χ1) is 8.90. The Bertz CT molecular complexity index is 526. The number of Topliss-reactive ketones (excluding diaryl/α,β-unsaturated/α-hetero) is 1. The highest BCUT2D eigenvalue weighted by Crippen LogP contribution is 2.33. The number of carbonyl (C=O) groups is 2. The highest BCUT2D eigenvalue weighted by atomic mass is 16.5. The summed E-state index contributed by atoms with van der Waals surface area (Å²) in [5.41, 5.74) is 0.728. The number of ether oxygens (including phenoxy) is 1. The third-order valence-electron chi connectivity index (χ3n) is 3.39. The predicted molar refractivity (Wildman–Crippen MR) is 72.8 cm³/mol. The second-order valence-electron chi connectivity index (χ2n) is 5.58. The van der Waals surface area contributed by atoms with Crippen LogP contribution in [0, 0.1) is 5.41 Å². The molecule has 0 saturated carbocycles. The van der Waals surface area contributed by atoms with Gasteiger partial charge in [-0.1, -0.05) is 32.0 Å². The van der Waals surface area contributed by atoms with Crippen molar-refractivity contribution in [3.05, 3.63) is 47.5 Å². The summed E-state index contributed by atoms with van der Waals surface area (Å²) < 4.78 is 5.46. The Balaban J connectivity index is 2.13. The molecule has 1 atom stereocenters. The van der Waals surface area contributed by atoms with E-state index >= 15 is 0 Å². The lowest BCUT2D eigenvalue weighted by atomic mass is 9.75. The largest absolute Gasteiger partial charge is 0.454 e. The summed E-state index contributed by atoms with van der Waals surface area (Å²) in [5, 5.41) is 0. The maximum absolute atomic E-state index is 12.0. The second kappa shape index (κ2) is 5.00. The molecule has 0 fully saturated rings. The van der Waals surface area contributed by atoms with Crippen molar-refractivity contribution in [2.45, 2.75) is 33.3 Å². The Kier molecular flexibility index (Phi) is 3.56. The van der Waals surface area contributed by atoms with E-state index in [4.69, 9.17) is 4.74 Å². The van der Waals surface area contributed by atoms with Crippen molar-refractivity contribution in [1.82, 2.24) is 0 Å². The van der Waals surface area contributed by atoms with Crippen LogP contribution < -0.4 is 0 Å². The molecule has 1 aliphatic carbocycles. The molecule has 0 aromatic heterocycles. The van der Waals surface area contributed by atoms with Gasteiger partial charge in [-0.3, -0.25) is 4.79 Å². The maximum atomic E-state index is 12.0. The average molecular weight is 258 g/mol. The zero-order chi connectivity index (χ0) is 14.0. The Hall–Kier alpha value is -1.90. The molecule has 1 aliphatic rings. The molecule has 0 heterocycles. The van der Waals surface area contributed by atoms with Gasteiger partial charge in [0.15, 0.2) is 5.78 Å². The van der Waals surface area contributed by atoms with Crippen LogP contribution in [0.15, 0.2) is 42.0 Å². The van der Waals surface area contributed by atoms with E-state index in [9.17, 15) is 9.59 Å². The lowest BCUT2D eigenvalue weighted by Crippen LogP contribution is -2.35. The number of hydrogen-bond donors (Lipinski definition) is 0. The first-order valence-corrected chi connectivity index (χ1v) is 6.39. The molecule has 0 spiro atoms. The van der Waals surface area contributed by atoms with Gasteiger partial charge in [-0.2, -0.15) is 0 Å². The molecule has 0 saturated heterocycles. The molecule has 2 rings (SSSR count). The predicted octanol–water partition coefficient (Wildman–Crippen LogP) is 3.16. The van der Waals surface area contributed by atoms with Gasteiger partial charge >= 0.3 is 5.97 Å². The van der Waals surface area contributed by atoms with Crippen molar-refractivity contribution >= 4 is 11.8 Å². The zero-order valence-electron chi connectivity index (χ0n) is 11.5. The van der Waals surface area contributed by atoms with Crippen LogP contribution in [-0.4, -0.2) is 17.9 Å². The highest BCUT2D eigenvalue weighted by molar-refractivity contribution is 6.00. The molecule has 3 nitrogen and oxygen atoms in total. The van der Waals surface area contributed by atoms with Crippen LogP contribution in [0.3, 0.4) is 0 Å². The molecular formula is C16H18O3. The third-order valence-corrected chi connectivity index (χ3v) is 3.39. The fourth-order valence-corrected chi connectivity index (χ4v) is 2.40. The summed E-state index contributed by atoms with van der Waals surface area (Å²) in [6.45, 7) is 5.54. The van der Waals surface area contributed by atoms with Crippen LogP contribution in [0.25, 0.3) is 0 Å². The Labute approximate surface area is 113 Å². The van der Waals surface area contributed by atoms with Gasteiger partial charge in [0, 0.05) is 11.8 Å². The van der Waals surface area contributed by atoms with Crippen LogP contribution in [0.5, 0.6) is 0 Å². The van der Waals surface area contributed by atoms with Gasteiger partial charge in [-0.25, -0.2) is 4.79 Å². The number of rotatable bonds is 2. The first-order valence-electron chi connectivity index (χ1n) is 6.39. The fraction of sp³-hybridized carbons (Fsp3) is 0.375. The fourth-order valence-electron chi connectivity index (χ4n) is 2.40. The SMILES string of the molecule is CC1=CC(OC(=O)c2ccccc2)CC(C)(C)C1=O. The van der Waals surface area contributed by atoms with Crippen LogP contribution in [0.2, 0.25) is 0 Å². The van der Waals surface area contributed by atoms with E-state index in [1.165, 1.54) is 0 Å². The summed E-state index contributed by atoms with van der Waals surface area (Å²) >= 11 is 0. The Morgan fingerprint density at radius 3 is 2.47 bits per heavy atom. The number of esters is 1. The number of carbonyl (C=O) groups excluding carboxylic acids is 2. The third kappa shape index (κ3) is 2.92. The molecule has 0 aliphatic heterocycles. The molecule has 19 heavy (non-hydrogen) atoms. The smallest absolute Gasteiger partial charge is 0.338 e. The summed E-state index contributed by atoms with van der Waals surface area (Å²) in [6.07, 6.45) is 1.94. The quantitative estimate of drug-likeness (QED) is 0.765. The summed E-state index contributed by atoms with van der Waals surface area (Å²) in [6, 6.07) is 8.89. The van der Waals surface area contributed by atoms with Gasteiger partial charge in [-0.05, 0) is 30.7 Å². The van der Waals surface area contributed by atoms with Gasteiger partial charge in [0.2, 0.25) is 0 Å². The molecule has 0 amide bonds. The molecular weight excluding hydrogens is 240 g/mol. The molecule has 1 aromatic rings. The average Bonchev–Trinajstić information content (AvgIpc) is 2.36. The molecule has 3 heteroatoms. The van der Waals surface area contributed by atoms with Crippen molar-refractivity contribution in [3.8, 4) is 0 Å². The van der Waals surface area contributed by atoms with Crippen LogP contribution >= 0.6 is 0 Å². The van der Waals surface area contributed by atoms with E-state index in [1.54, 1.807) is 37.3 Å². The number of hydrogen-bond acceptors (Lipinski definition) is 3. The highest BCUT2D eigenvalue weighted by Gasteiger charge is 2.36. The molecule has 0 bridgehead atoms. The molecule has 0 N–H and O–H groups in total. The summed E-state index contributed by atoms with van der Waals surface area (Å²) in [4.78, 5) is 23.9. The Morgan fingerprint density at radius 1 is 1.26 bits per heavy atom.